The number of carbonyl (C=O) groups excluding carboxylic acids is 1. The molecule has 2 aromatic carbocycles. The Morgan fingerprint density at radius 2 is 1.97 bits per heavy atom. The average molecular weight is 450 g/mol. The first-order chi connectivity index (χ1) is 16.7. The van der Waals surface area contributed by atoms with Crippen molar-refractivity contribution in [3.63, 3.8) is 0 Å². The van der Waals surface area contributed by atoms with E-state index in [1.165, 1.54) is 5.56 Å². The van der Waals surface area contributed by atoms with Crippen molar-refractivity contribution < 1.29 is 4.79 Å². The minimum absolute atomic E-state index is 0.0438. The highest BCUT2D eigenvalue weighted by Crippen LogP contribution is 2.45. The first-order valence-electron chi connectivity index (χ1n) is 11.9. The van der Waals surface area contributed by atoms with Crippen LogP contribution in [-0.4, -0.2) is 26.9 Å². The zero-order valence-corrected chi connectivity index (χ0v) is 18.9. The van der Waals surface area contributed by atoms with E-state index in [1.807, 2.05) is 49.1 Å². The van der Waals surface area contributed by atoms with Crippen LogP contribution < -0.4 is 5.32 Å². The topological polar surface area (TPSA) is 85.9 Å². The summed E-state index contributed by atoms with van der Waals surface area (Å²) in [6, 6.07) is 14.7. The summed E-state index contributed by atoms with van der Waals surface area (Å²) in [5.74, 6) is 0.305. The number of aromatic nitrogens is 3. The van der Waals surface area contributed by atoms with Crippen molar-refractivity contribution in [1.82, 2.24) is 15.0 Å². The minimum atomic E-state index is -0.0495. The van der Waals surface area contributed by atoms with Crippen molar-refractivity contribution in [2.45, 2.75) is 37.5 Å². The van der Waals surface area contributed by atoms with E-state index in [1.54, 1.807) is 12.5 Å². The summed E-state index contributed by atoms with van der Waals surface area (Å²) >= 11 is 0. The SMILES string of the molecule is O=C(c1c[nH]c2ccccc12)C1CCC(Cc2cnc[nH]2)(c2ccc3c(c2)C=NC=CN3)CC1. The molecule has 2 aromatic heterocycles. The normalized spacial score (nSPS) is 21.7. The number of rotatable bonds is 5. The third-order valence-electron chi connectivity index (χ3n) is 7.53. The predicted octanol–water partition coefficient (Wildman–Crippen LogP) is 5.76. The maximum absolute atomic E-state index is 13.5. The molecule has 2 aliphatic rings. The third-order valence-corrected chi connectivity index (χ3v) is 7.53. The maximum atomic E-state index is 13.5. The van der Waals surface area contributed by atoms with E-state index >= 15 is 0 Å². The monoisotopic (exact) mass is 449 g/mol. The molecular weight excluding hydrogens is 422 g/mol. The lowest BCUT2D eigenvalue weighted by molar-refractivity contribution is 0.0859. The Balaban J connectivity index is 1.30. The quantitative estimate of drug-likeness (QED) is 0.339. The number of benzene rings is 2. The Labute approximate surface area is 198 Å². The van der Waals surface area contributed by atoms with Crippen molar-refractivity contribution in [3.8, 4) is 0 Å². The molecule has 6 rings (SSSR count). The van der Waals surface area contributed by atoms with Gasteiger partial charge in [0.1, 0.15) is 0 Å². The van der Waals surface area contributed by atoms with Gasteiger partial charge in [0.15, 0.2) is 5.78 Å². The molecular formula is C28H27N5O. The minimum Gasteiger partial charge on any atom is -0.360 e. The first-order valence-corrected chi connectivity index (χ1v) is 11.9. The number of anilines is 1. The highest BCUT2D eigenvalue weighted by molar-refractivity contribution is 6.08. The Morgan fingerprint density at radius 3 is 2.82 bits per heavy atom. The molecule has 6 nitrogen and oxygen atoms in total. The largest absolute Gasteiger partial charge is 0.360 e. The van der Waals surface area contributed by atoms with Crippen LogP contribution in [0.2, 0.25) is 0 Å². The van der Waals surface area contributed by atoms with E-state index in [0.717, 1.165) is 65.5 Å². The smallest absolute Gasteiger partial charge is 0.168 e. The van der Waals surface area contributed by atoms with E-state index in [9.17, 15) is 4.79 Å². The van der Waals surface area contributed by atoms with Gasteiger partial charge in [-0.15, -0.1) is 0 Å². The van der Waals surface area contributed by atoms with Crippen molar-refractivity contribution >= 4 is 28.6 Å². The van der Waals surface area contributed by atoms with E-state index < -0.39 is 0 Å². The molecule has 170 valence electrons. The van der Waals surface area contributed by atoms with Crippen LogP contribution in [0.25, 0.3) is 10.9 Å². The second-order valence-electron chi connectivity index (χ2n) is 9.46. The van der Waals surface area contributed by atoms with Crippen LogP contribution in [-0.2, 0) is 11.8 Å². The van der Waals surface area contributed by atoms with Gasteiger partial charge >= 0.3 is 0 Å². The number of carbonyl (C=O) groups is 1. The van der Waals surface area contributed by atoms with Gasteiger partial charge in [-0.1, -0.05) is 24.3 Å². The molecule has 6 heteroatoms. The van der Waals surface area contributed by atoms with Crippen LogP contribution in [0.5, 0.6) is 0 Å². The number of fused-ring (bicyclic) bond motifs is 2. The predicted molar refractivity (Wildman–Crippen MR) is 135 cm³/mol. The summed E-state index contributed by atoms with van der Waals surface area (Å²) in [4.78, 5) is 28.7. The van der Waals surface area contributed by atoms with Gasteiger partial charge in [0.05, 0.1) is 6.33 Å². The summed E-state index contributed by atoms with van der Waals surface area (Å²) in [5.41, 5.74) is 6.36. The highest BCUT2D eigenvalue weighted by atomic mass is 16.1. The number of aliphatic imine (C=N–C) groups is 1. The molecule has 1 saturated carbocycles. The van der Waals surface area contributed by atoms with Crippen molar-refractivity contribution in [2.24, 2.45) is 10.9 Å². The van der Waals surface area contributed by atoms with Crippen LogP contribution in [0.1, 0.15) is 52.9 Å². The zero-order chi connectivity index (χ0) is 23.0. The van der Waals surface area contributed by atoms with Gasteiger partial charge < -0.3 is 15.3 Å². The third kappa shape index (κ3) is 3.65. The Hall–Kier alpha value is -3.93. The molecule has 0 spiro atoms. The summed E-state index contributed by atoms with van der Waals surface area (Å²) < 4.78 is 0. The van der Waals surface area contributed by atoms with E-state index in [2.05, 4.69) is 43.5 Å². The van der Waals surface area contributed by atoms with E-state index in [-0.39, 0.29) is 17.1 Å². The average Bonchev–Trinajstić information content (AvgIpc) is 3.48. The zero-order valence-electron chi connectivity index (χ0n) is 18.9. The second-order valence-corrected chi connectivity index (χ2v) is 9.46. The number of nitrogens with one attached hydrogen (secondary N) is 3. The molecule has 0 radical (unpaired) electrons. The molecule has 3 heterocycles. The molecule has 0 atom stereocenters. The van der Waals surface area contributed by atoms with Gasteiger partial charge in [0, 0.05) is 75.8 Å². The fraction of sp³-hybridized carbons (Fsp3) is 0.250. The van der Waals surface area contributed by atoms with Crippen LogP contribution >= 0.6 is 0 Å². The number of hydrogen-bond donors (Lipinski definition) is 3. The van der Waals surface area contributed by atoms with Gasteiger partial charge in [-0.2, -0.15) is 0 Å². The molecule has 1 aliphatic heterocycles. The lowest BCUT2D eigenvalue weighted by Gasteiger charge is -2.40. The molecule has 0 saturated heterocycles. The van der Waals surface area contributed by atoms with Crippen molar-refractivity contribution in [1.29, 1.82) is 0 Å². The van der Waals surface area contributed by atoms with Crippen LogP contribution in [0.3, 0.4) is 0 Å². The van der Waals surface area contributed by atoms with Crippen LogP contribution in [0.15, 0.2) is 78.6 Å². The first kappa shape index (κ1) is 20.7. The number of H-pyrrole nitrogens is 2. The van der Waals surface area contributed by atoms with E-state index in [0.29, 0.717) is 0 Å². The molecule has 1 fully saturated rings. The summed E-state index contributed by atoms with van der Waals surface area (Å²) in [6.45, 7) is 0. The van der Waals surface area contributed by atoms with Gasteiger partial charge in [-0.3, -0.25) is 9.79 Å². The summed E-state index contributed by atoms with van der Waals surface area (Å²) in [7, 11) is 0. The Morgan fingerprint density at radius 1 is 1.09 bits per heavy atom. The fourth-order valence-electron chi connectivity index (χ4n) is 5.67. The Kier molecular flexibility index (Phi) is 5.13. The molecule has 0 amide bonds. The van der Waals surface area contributed by atoms with Gasteiger partial charge in [0.25, 0.3) is 0 Å². The summed E-state index contributed by atoms with van der Waals surface area (Å²) in [5, 5.41) is 4.32. The number of imidazole rings is 1. The molecule has 34 heavy (non-hydrogen) atoms. The second kappa shape index (κ2) is 8.45. The molecule has 4 aromatic rings. The fourth-order valence-corrected chi connectivity index (χ4v) is 5.67. The number of ketones is 1. The number of hydrogen-bond acceptors (Lipinski definition) is 4. The van der Waals surface area contributed by atoms with Crippen LogP contribution in [0.4, 0.5) is 5.69 Å². The number of aromatic amines is 2. The number of para-hydroxylation sites is 1. The number of nitrogens with zero attached hydrogens (tertiary/aromatic N) is 2. The van der Waals surface area contributed by atoms with Gasteiger partial charge in [0.2, 0.25) is 0 Å². The van der Waals surface area contributed by atoms with Crippen molar-refractivity contribution in [3.05, 3.63) is 96.0 Å². The molecule has 0 bridgehead atoms. The molecule has 1 aliphatic carbocycles. The van der Waals surface area contributed by atoms with Gasteiger partial charge in [-0.25, -0.2) is 4.98 Å². The van der Waals surface area contributed by atoms with Gasteiger partial charge in [-0.05, 0) is 55.9 Å². The lowest BCUT2D eigenvalue weighted by Crippen LogP contribution is -2.36. The Bertz CT molecular complexity index is 1390. The molecule has 3 N–H and O–H groups in total. The maximum Gasteiger partial charge on any atom is 0.168 e. The molecule has 0 unspecified atom stereocenters. The lowest BCUT2D eigenvalue weighted by atomic mass is 9.63. The highest BCUT2D eigenvalue weighted by Gasteiger charge is 2.40. The number of Topliss-reactive ketones (excluding diaryl/α,β-unsaturated/α-hetero) is 1. The summed E-state index contributed by atoms with van der Waals surface area (Å²) in [6.07, 6.45) is 15.6. The van der Waals surface area contributed by atoms with Crippen LogP contribution in [0, 0.1) is 5.92 Å². The van der Waals surface area contributed by atoms with E-state index in [4.69, 9.17) is 0 Å². The van der Waals surface area contributed by atoms with Crippen molar-refractivity contribution in [2.75, 3.05) is 5.32 Å². The standard InChI is InChI=1S/C28H27N5O/c34-27(24-17-32-26-4-2-1-3-23(24)26)19-7-9-28(10-8-19,14-22-16-30-18-33-22)21-5-6-25-20(13-21)15-29-11-12-31-25/h1-6,11-13,15-19,31-32H,7-10,14H2,(H,30,33).